The number of furan rings is 1. The lowest BCUT2D eigenvalue weighted by Gasteiger charge is -2.00. The lowest BCUT2D eigenvalue weighted by molar-refractivity contribution is 0.251. The van der Waals surface area contributed by atoms with Gasteiger partial charge < -0.3 is 9.73 Å². The number of thioether (sulfide) groups is 1. The lowest BCUT2D eigenvalue weighted by Crippen LogP contribution is -2.10. The van der Waals surface area contributed by atoms with E-state index in [1.807, 2.05) is 17.5 Å². The van der Waals surface area contributed by atoms with Crippen molar-refractivity contribution in [3.63, 3.8) is 0 Å². The SMILES string of the molecule is FC(F)SCc1ccc(CNCc2cccs2)o1. The van der Waals surface area contributed by atoms with Crippen molar-refractivity contribution in [2.24, 2.45) is 0 Å². The Bertz CT molecular complexity index is 456. The van der Waals surface area contributed by atoms with Crippen LogP contribution in [-0.4, -0.2) is 5.76 Å². The maximum atomic E-state index is 12.0. The monoisotopic (exact) mass is 289 g/mol. The molecular weight excluding hydrogens is 276 g/mol. The van der Waals surface area contributed by atoms with Gasteiger partial charge in [0.25, 0.3) is 5.76 Å². The van der Waals surface area contributed by atoms with Crippen molar-refractivity contribution >= 4 is 23.1 Å². The van der Waals surface area contributed by atoms with Crippen molar-refractivity contribution in [2.75, 3.05) is 0 Å². The lowest BCUT2D eigenvalue weighted by atomic mass is 10.4. The standard InChI is InChI=1S/C12H13F2NOS2/c13-12(14)18-8-10-4-3-9(16-10)6-15-7-11-2-1-5-17-11/h1-5,12,15H,6-8H2. The molecule has 0 saturated heterocycles. The van der Waals surface area contributed by atoms with Gasteiger partial charge in [0.2, 0.25) is 0 Å². The van der Waals surface area contributed by atoms with E-state index in [-0.39, 0.29) is 5.75 Å². The smallest absolute Gasteiger partial charge is 0.284 e. The Balaban J connectivity index is 1.73. The highest BCUT2D eigenvalue weighted by molar-refractivity contribution is 7.98. The zero-order chi connectivity index (χ0) is 12.8. The summed E-state index contributed by atoms with van der Waals surface area (Å²) in [4.78, 5) is 1.26. The average molecular weight is 289 g/mol. The summed E-state index contributed by atoms with van der Waals surface area (Å²) >= 11 is 2.27. The van der Waals surface area contributed by atoms with E-state index < -0.39 is 5.76 Å². The Kier molecular flexibility index (Phi) is 5.22. The van der Waals surface area contributed by atoms with Crippen LogP contribution in [0.1, 0.15) is 16.4 Å². The van der Waals surface area contributed by atoms with E-state index in [1.165, 1.54) is 4.88 Å². The van der Waals surface area contributed by atoms with Crippen LogP contribution in [0.3, 0.4) is 0 Å². The summed E-state index contributed by atoms with van der Waals surface area (Å²) in [5, 5.41) is 5.28. The summed E-state index contributed by atoms with van der Waals surface area (Å²) in [6.45, 7) is 1.40. The number of alkyl halides is 2. The first-order valence-corrected chi connectivity index (χ1v) is 7.37. The molecule has 0 aliphatic rings. The highest BCUT2D eigenvalue weighted by Crippen LogP contribution is 2.21. The maximum Gasteiger partial charge on any atom is 0.284 e. The molecule has 0 bridgehead atoms. The van der Waals surface area contributed by atoms with Crippen LogP contribution in [-0.2, 0) is 18.8 Å². The van der Waals surface area contributed by atoms with Crippen LogP contribution >= 0.6 is 23.1 Å². The van der Waals surface area contributed by atoms with Crippen molar-refractivity contribution in [1.82, 2.24) is 5.32 Å². The molecule has 0 spiro atoms. The van der Waals surface area contributed by atoms with Crippen molar-refractivity contribution in [3.05, 3.63) is 46.0 Å². The van der Waals surface area contributed by atoms with Gasteiger partial charge in [-0.15, -0.1) is 11.3 Å². The van der Waals surface area contributed by atoms with E-state index >= 15 is 0 Å². The van der Waals surface area contributed by atoms with Crippen molar-refractivity contribution < 1.29 is 13.2 Å². The molecule has 6 heteroatoms. The minimum absolute atomic E-state index is 0.211. The van der Waals surface area contributed by atoms with Crippen molar-refractivity contribution in [2.45, 2.75) is 24.6 Å². The largest absolute Gasteiger partial charge is 0.464 e. The zero-order valence-corrected chi connectivity index (χ0v) is 11.2. The van der Waals surface area contributed by atoms with Crippen LogP contribution in [0.5, 0.6) is 0 Å². The average Bonchev–Trinajstić information content (AvgIpc) is 2.97. The van der Waals surface area contributed by atoms with Gasteiger partial charge in [-0.3, -0.25) is 0 Å². The first-order valence-electron chi connectivity index (χ1n) is 5.44. The number of nitrogens with one attached hydrogen (secondary N) is 1. The van der Waals surface area contributed by atoms with Crippen LogP contribution in [0.2, 0.25) is 0 Å². The van der Waals surface area contributed by atoms with Crippen LogP contribution < -0.4 is 5.32 Å². The van der Waals surface area contributed by atoms with Crippen molar-refractivity contribution in [1.29, 1.82) is 0 Å². The quantitative estimate of drug-likeness (QED) is 0.831. The van der Waals surface area contributed by atoms with E-state index in [2.05, 4.69) is 11.4 Å². The number of halogens is 2. The van der Waals surface area contributed by atoms with E-state index in [0.717, 1.165) is 12.3 Å². The zero-order valence-electron chi connectivity index (χ0n) is 9.57. The van der Waals surface area contributed by atoms with E-state index in [0.29, 0.717) is 24.1 Å². The van der Waals surface area contributed by atoms with Gasteiger partial charge in [-0.2, -0.15) is 8.78 Å². The van der Waals surface area contributed by atoms with E-state index in [1.54, 1.807) is 17.4 Å². The Morgan fingerprint density at radius 3 is 2.78 bits per heavy atom. The number of rotatable bonds is 7. The molecular formula is C12H13F2NOS2. The minimum Gasteiger partial charge on any atom is -0.464 e. The third-order valence-corrected chi connectivity index (χ3v) is 3.83. The number of thiophene rings is 1. The second-order valence-corrected chi connectivity index (χ2v) is 5.63. The Labute approximate surface area is 112 Å². The third-order valence-electron chi connectivity index (χ3n) is 2.25. The van der Waals surface area contributed by atoms with Gasteiger partial charge in [-0.25, -0.2) is 0 Å². The molecule has 18 heavy (non-hydrogen) atoms. The molecule has 2 aromatic rings. The molecule has 0 aromatic carbocycles. The summed E-state index contributed by atoms with van der Waals surface area (Å²) in [7, 11) is 0. The Morgan fingerprint density at radius 1 is 1.22 bits per heavy atom. The summed E-state index contributed by atoms with van der Waals surface area (Å²) in [6.07, 6.45) is 0. The van der Waals surface area contributed by atoms with Crippen LogP contribution in [0.15, 0.2) is 34.1 Å². The minimum atomic E-state index is -2.35. The normalized spacial score (nSPS) is 11.3. The second-order valence-electron chi connectivity index (χ2n) is 3.62. The van der Waals surface area contributed by atoms with Gasteiger partial charge >= 0.3 is 0 Å². The molecule has 1 N–H and O–H groups in total. The number of hydrogen-bond acceptors (Lipinski definition) is 4. The second kappa shape index (κ2) is 6.92. The summed E-state index contributed by atoms with van der Waals surface area (Å²) in [6, 6.07) is 7.64. The molecule has 2 heterocycles. The van der Waals surface area contributed by atoms with Gasteiger partial charge in [0.15, 0.2) is 0 Å². The summed E-state index contributed by atoms with van der Waals surface area (Å²) < 4.78 is 29.4. The fraction of sp³-hybridized carbons (Fsp3) is 0.333. The van der Waals surface area contributed by atoms with Gasteiger partial charge in [0, 0.05) is 11.4 Å². The van der Waals surface area contributed by atoms with Gasteiger partial charge in [-0.05, 0) is 23.6 Å². The molecule has 0 aliphatic carbocycles. The molecule has 98 valence electrons. The van der Waals surface area contributed by atoms with Crippen LogP contribution in [0.4, 0.5) is 8.78 Å². The van der Waals surface area contributed by atoms with Crippen molar-refractivity contribution in [3.8, 4) is 0 Å². The fourth-order valence-electron chi connectivity index (χ4n) is 1.46. The van der Waals surface area contributed by atoms with E-state index in [4.69, 9.17) is 4.42 Å². The maximum absolute atomic E-state index is 12.0. The summed E-state index contributed by atoms with van der Waals surface area (Å²) in [5.41, 5.74) is 0. The molecule has 0 aliphatic heterocycles. The number of hydrogen-bond donors (Lipinski definition) is 1. The Morgan fingerprint density at radius 2 is 2.06 bits per heavy atom. The Hall–Kier alpha value is -0.850. The molecule has 0 atom stereocenters. The molecule has 2 aromatic heterocycles. The third kappa shape index (κ3) is 4.44. The molecule has 2 rings (SSSR count). The fourth-order valence-corrected chi connectivity index (χ4v) is 2.58. The summed E-state index contributed by atoms with van der Waals surface area (Å²) in [5.74, 6) is -0.775. The molecule has 0 amide bonds. The van der Waals surface area contributed by atoms with Gasteiger partial charge in [0.05, 0.1) is 12.3 Å². The molecule has 0 unspecified atom stereocenters. The molecule has 2 nitrogen and oxygen atoms in total. The molecule has 0 fully saturated rings. The molecule has 0 radical (unpaired) electrons. The van der Waals surface area contributed by atoms with Gasteiger partial charge in [-0.1, -0.05) is 17.8 Å². The predicted molar refractivity (Wildman–Crippen MR) is 70.9 cm³/mol. The highest BCUT2D eigenvalue weighted by atomic mass is 32.2. The first kappa shape index (κ1) is 13.6. The van der Waals surface area contributed by atoms with Crippen LogP contribution in [0.25, 0.3) is 0 Å². The first-order chi connectivity index (χ1) is 8.74. The predicted octanol–water partition coefficient (Wildman–Crippen LogP) is 4.09. The van der Waals surface area contributed by atoms with Crippen LogP contribution in [0, 0.1) is 0 Å². The molecule has 0 saturated carbocycles. The topological polar surface area (TPSA) is 25.2 Å². The highest BCUT2D eigenvalue weighted by Gasteiger charge is 2.07. The van der Waals surface area contributed by atoms with E-state index in [9.17, 15) is 8.78 Å². The van der Waals surface area contributed by atoms with Gasteiger partial charge in [0.1, 0.15) is 11.5 Å².